The Labute approximate surface area is 749 Å². The molecular weight excluding hydrogens is 1680 g/mol. The summed E-state index contributed by atoms with van der Waals surface area (Å²) in [4.78, 5) is 140. The number of hydrazine groups is 4. The summed E-state index contributed by atoms with van der Waals surface area (Å²) < 4.78 is 82.8. The molecule has 5 aliphatic carbocycles. The van der Waals surface area contributed by atoms with E-state index < -0.39 is 186 Å². The predicted molar refractivity (Wildman–Crippen MR) is 462 cm³/mol. The first kappa shape index (κ1) is 99.0. The van der Waals surface area contributed by atoms with Crippen LogP contribution in [0, 0.1) is 34.5 Å². The van der Waals surface area contributed by atoms with Gasteiger partial charge in [0.2, 0.25) is 35.4 Å². The lowest BCUT2D eigenvalue weighted by Gasteiger charge is -2.63. The number of nitrogens with zero attached hydrogens (tertiary/aromatic N) is 3. The fourth-order valence-electron chi connectivity index (χ4n) is 20.3. The topological polar surface area (TPSA) is 502 Å². The number of hydrogen-bond donors (Lipinski definition) is 16. The van der Waals surface area contributed by atoms with Gasteiger partial charge in [-0.3, -0.25) is 53.2 Å². The van der Waals surface area contributed by atoms with Gasteiger partial charge >= 0.3 is 6.03 Å². The van der Waals surface area contributed by atoms with Crippen molar-refractivity contribution in [2.45, 2.75) is 248 Å². The average Bonchev–Trinajstić information content (AvgIpc) is 1.58. The third kappa shape index (κ3) is 22.3. The summed E-state index contributed by atoms with van der Waals surface area (Å²) in [5.41, 5.74) is 16.9. The van der Waals surface area contributed by atoms with E-state index in [4.69, 9.17) is 43.6 Å². The molecular formula is C90H130F2N14O23. The average molecular weight is 1810 g/mol. The number of primary amides is 1. The SMILES string of the molecule is CCCC1O[C@@H]2C[C@H]3[C@@H]4C[C@H](F)C5=CC(=O)C=C[C@]5(C)[C@@]4(F)[C@@H](O)C[C@]3(C)[C@]2(C(=O)CNC(=O)[C@H](CCCNC(N)=O)CC(=O)[C@@H](NC(=O)[C@@H](CCCCNC(=O)COC2CCCCCC3=C2NNN3[C@@H]2O[C@H](CO)[C@H](O)[C@H](O)[C@H]2O)NC(=O)CCOCCOCCOCCOCCNC(=O)CCC(=O)N2Cc3ccccc3C3=C(NNN3C)c3ccccc32)C(C)C)O1. The first-order valence-electron chi connectivity index (χ1n) is 45.4. The standard InChI is InChI=1S/C90H130F2N14O23/c1-7-18-75-128-70-46-58-59-45-61(91)60-44-55(108)29-31-87(60,4)89(59,92)68(110)47-88(58,5)90(70,129-75)69(111)48-97-83(119)53(20-17-33-96-86(93)121)43-65(109)76(52(2)3)99-84(120)62(23-15-16-32-94-73(114)51-126-66-26-10-8-9-25-64-78(66)101-103-106(64)85-82(118)81(117)80(116)67(50-107)127-85)98-72(113)30-35-122-37-39-124-41-42-125-40-38-123-36-34-95-71(112)27-28-74(115)105-49-54-19-11-12-21-56(54)79-77(100-102-104(79)6)57-22-13-14-24-63(57)105/h11-14,19,21-22,24,29,31,44,52-53,58-59,61-62,66-68,70,75-76,80-82,85,100-103,107,110,116-118H,7-10,15-18,20,23,25-28,30,32-43,45-51H2,1-6H3,(H,94,114)(H,95,112)(H,97,119)(H,98,113)(H,99,120)(H3,93,96,121)/t53-,58+,59+,61+,62-,66?,67-,68+,70-,75?,76+,80+,81+,82-,85-,87+,88+,89+,90-/m1/s1. The van der Waals surface area contributed by atoms with Crippen molar-refractivity contribution >= 4 is 75.9 Å². The third-order valence-electron chi connectivity index (χ3n) is 27.0. The van der Waals surface area contributed by atoms with Crippen molar-refractivity contribution in [1.29, 1.82) is 0 Å². The summed E-state index contributed by atoms with van der Waals surface area (Å²) >= 11 is 0. The Hall–Kier alpha value is -9.04. The van der Waals surface area contributed by atoms with Gasteiger partial charge in [0.05, 0.1) is 119 Å². The number of alkyl halides is 2. The Morgan fingerprint density at radius 3 is 2.16 bits per heavy atom. The predicted octanol–water partition coefficient (Wildman–Crippen LogP) is 2.18. The fraction of sp³-hybridized carbons (Fsp3) is 0.667. The number of urea groups is 1. The van der Waals surface area contributed by atoms with Crippen molar-refractivity contribution < 1.29 is 120 Å². The highest BCUT2D eigenvalue weighted by molar-refractivity contribution is 6.04. The van der Waals surface area contributed by atoms with Crippen LogP contribution in [0.4, 0.5) is 19.3 Å². The Morgan fingerprint density at radius 1 is 0.729 bits per heavy atom. The Balaban J connectivity index is 0.615. The zero-order valence-electron chi connectivity index (χ0n) is 74.4. The number of allylic oxidation sites excluding steroid dienone is 5. The Morgan fingerprint density at radius 2 is 1.43 bits per heavy atom. The molecule has 2 aromatic carbocycles. The highest BCUT2D eigenvalue weighted by atomic mass is 19.1. The van der Waals surface area contributed by atoms with Gasteiger partial charge in [-0.05, 0) is 125 Å². The van der Waals surface area contributed by atoms with Gasteiger partial charge in [-0.2, -0.15) is 0 Å². The van der Waals surface area contributed by atoms with E-state index in [2.05, 4.69) is 53.8 Å². The number of hydrogen-bond acceptors (Lipinski definition) is 29. The van der Waals surface area contributed by atoms with Crippen LogP contribution >= 0.6 is 0 Å². The summed E-state index contributed by atoms with van der Waals surface area (Å²) in [7, 11) is 1.92. The van der Waals surface area contributed by atoms with Crippen LogP contribution in [0.2, 0.25) is 0 Å². The van der Waals surface area contributed by atoms with E-state index in [0.717, 1.165) is 59.1 Å². The molecule has 39 heteroatoms. The lowest BCUT2D eigenvalue weighted by Crippen LogP contribution is -2.71. The van der Waals surface area contributed by atoms with E-state index in [1.807, 2.05) is 67.5 Å². The van der Waals surface area contributed by atoms with Gasteiger partial charge in [0.15, 0.2) is 41.1 Å². The number of anilines is 1. The lowest BCUT2D eigenvalue weighted by atomic mass is 9.44. The molecule has 2 unspecified atom stereocenters. The number of unbranched alkanes of at least 4 members (excludes halogenated alkanes) is 1. The minimum atomic E-state index is -2.47. The number of aliphatic hydroxyl groups is 5. The largest absolute Gasteiger partial charge is 0.394 e. The summed E-state index contributed by atoms with van der Waals surface area (Å²) in [5.74, 6) is -8.51. The van der Waals surface area contributed by atoms with Gasteiger partial charge in [-0.25, -0.2) is 13.6 Å². The van der Waals surface area contributed by atoms with Crippen molar-refractivity contribution in [3.05, 3.63) is 100 Å². The molecule has 5 fully saturated rings. The maximum Gasteiger partial charge on any atom is 0.312 e. The Bertz CT molecular complexity index is 4450. The first-order chi connectivity index (χ1) is 61.9. The highest BCUT2D eigenvalue weighted by Crippen LogP contribution is 2.72. The summed E-state index contributed by atoms with van der Waals surface area (Å²) in [6.45, 7) is 8.77. The van der Waals surface area contributed by atoms with Crippen molar-refractivity contribution in [2.24, 2.45) is 40.2 Å². The molecule has 712 valence electrons. The number of carbonyl (C=O) groups excluding carboxylic acids is 10. The molecule has 0 spiro atoms. The molecule has 2 saturated heterocycles. The molecule has 2 aromatic rings. The number of carbonyl (C=O) groups is 10. The number of rotatable bonds is 45. The quantitative estimate of drug-likeness (QED) is 0.0423. The van der Waals surface area contributed by atoms with Crippen LogP contribution in [0.3, 0.4) is 0 Å². The van der Waals surface area contributed by atoms with Gasteiger partial charge in [0, 0.05) is 86.2 Å². The van der Waals surface area contributed by atoms with E-state index in [-0.39, 0.29) is 161 Å². The van der Waals surface area contributed by atoms with Crippen molar-refractivity contribution in [3.63, 3.8) is 0 Å². The molecule has 0 bridgehead atoms. The van der Waals surface area contributed by atoms with Gasteiger partial charge in [0.25, 0.3) is 0 Å². The second kappa shape index (κ2) is 44.9. The van der Waals surface area contributed by atoms with Crippen LogP contribution in [-0.2, 0) is 87.6 Å². The molecule has 0 radical (unpaired) electrons. The second-order valence-electron chi connectivity index (χ2n) is 35.7. The fourth-order valence-corrected chi connectivity index (χ4v) is 20.3. The first-order valence-corrected chi connectivity index (χ1v) is 45.4. The zero-order valence-corrected chi connectivity index (χ0v) is 74.4. The van der Waals surface area contributed by atoms with E-state index in [0.29, 0.717) is 50.0 Å². The number of nitrogens with two attached hydrogens (primary N) is 1. The van der Waals surface area contributed by atoms with Crippen LogP contribution < -0.4 is 64.5 Å². The highest BCUT2D eigenvalue weighted by Gasteiger charge is 2.80. The molecule has 37 nitrogen and oxygen atoms in total. The molecule has 19 atom stereocenters. The van der Waals surface area contributed by atoms with Gasteiger partial charge in [0.1, 0.15) is 49.3 Å². The molecule has 12 rings (SSSR count). The minimum absolute atomic E-state index is 0.00238. The normalized spacial score (nSPS) is 29.1. The van der Waals surface area contributed by atoms with Crippen LogP contribution in [0.25, 0.3) is 11.4 Å². The number of ketones is 3. The number of Topliss-reactive ketones (excluding diaryl/α,β-unsaturated/α-hetero) is 2. The molecule has 5 heterocycles. The number of nitrogens with one attached hydrogen (secondary N) is 10. The van der Waals surface area contributed by atoms with Crippen LogP contribution in [0.5, 0.6) is 0 Å². The summed E-state index contributed by atoms with van der Waals surface area (Å²) in [6.07, 6.45) is -6.00. The number of ether oxygens (including phenoxy) is 8. The number of fused-ring (bicyclic) bond motifs is 11. The molecule has 5 aliphatic heterocycles. The molecule has 10 aliphatic rings. The van der Waals surface area contributed by atoms with Gasteiger partial charge < -0.3 is 117 Å². The molecule has 3 saturated carbocycles. The van der Waals surface area contributed by atoms with Crippen LogP contribution in [0.15, 0.2) is 83.7 Å². The Kier molecular flexibility index (Phi) is 34.5. The molecule has 8 amide bonds. The van der Waals surface area contributed by atoms with E-state index >= 15 is 13.6 Å². The van der Waals surface area contributed by atoms with Gasteiger partial charge in [-0.1, -0.05) is 95.5 Å². The number of amides is 8. The number of halogens is 2. The van der Waals surface area contributed by atoms with Crippen molar-refractivity contribution in [1.82, 2.24) is 63.8 Å². The monoisotopic (exact) mass is 1810 g/mol. The second-order valence-corrected chi connectivity index (χ2v) is 35.7. The smallest absolute Gasteiger partial charge is 0.312 e. The van der Waals surface area contributed by atoms with E-state index in [1.165, 1.54) is 24.1 Å². The van der Waals surface area contributed by atoms with E-state index in [1.54, 1.807) is 25.7 Å². The minimum Gasteiger partial charge on any atom is -0.394 e. The summed E-state index contributed by atoms with van der Waals surface area (Å²) in [6, 6.07) is 12.2. The molecule has 129 heavy (non-hydrogen) atoms. The van der Waals surface area contributed by atoms with Gasteiger partial charge in [-0.15, -0.1) is 11.1 Å². The van der Waals surface area contributed by atoms with Crippen molar-refractivity contribution in [2.75, 3.05) is 104 Å². The summed E-state index contributed by atoms with van der Waals surface area (Å²) in [5, 5.41) is 74.0. The lowest BCUT2D eigenvalue weighted by molar-refractivity contribution is -0.266. The zero-order chi connectivity index (χ0) is 92.5. The molecule has 17 N–H and O–H groups in total. The van der Waals surface area contributed by atoms with Crippen LogP contribution in [0.1, 0.15) is 173 Å². The van der Waals surface area contributed by atoms with Crippen molar-refractivity contribution in [3.8, 4) is 0 Å². The maximum absolute atomic E-state index is 18.3. The number of aliphatic hydroxyl groups excluding tert-OH is 5. The third-order valence-corrected chi connectivity index (χ3v) is 27.0. The number of benzene rings is 2. The van der Waals surface area contributed by atoms with E-state index in [9.17, 15) is 68.7 Å². The maximum atomic E-state index is 18.3. The number of para-hydroxylation sites is 1. The molecule has 0 aromatic heterocycles. The van der Waals surface area contributed by atoms with Crippen LogP contribution in [-0.4, -0.2) is 278 Å².